The number of halogens is 6. The topological polar surface area (TPSA) is 18.5 Å². The first-order valence-electron chi connectivity index (χ1n) is 8.56. The maximum Gasteiger partial charge on any atom is 2.00 e. The third-order valence-corrected chi connectivity index (χ3v) is 3.66. The van der Waals surface area contributed by atoms with Crippen LogP contribution < -0.4 is 9.47 Å². The summed E-state index contributed by atoms with van der Waals surface area (Å²) in [6.45, 7) is 0. The first kappa shape index (κ1) is 24.7. The summed E-state index contributed by atoms with van der Waals surface area (Å²) >= 11 is 0. The average molecular weight is 500 g/mol. The van der Waals surface area contributed by atoms with Crippen molar-refractivity contribution in [3.63, 3.8) is 0 Å². The normalized spacial score (nSPS) is 13.6. The van der Waals surface area contributed by atoms with Gasteiger partial charge in [-0.1, -0.05) is 36.4 Å². The summed E-state index contributed by atoms with van der Waals surface area (Å²) in [5.74, 6) is 3.07. The van der Waals surface area contributed by atoms with Gasteiger partial charge >= 0.3 is 50.1 Å². The predicted octanol–water partition coefficient (Wildman–Crippen LogP) is 9.52. The quantitative estimate of drug-likeness (QED) is 0.0913. The summed E-state index contributed by atoms with van der Waals surface area (Å²) in [7, 11) is -10.7. The molecule has 4 aromatic rings. The zero-order chi connectivity index (χ0) is 21.9. The molecule has 0 bridgehead atoms. The van der Waals surface area contributed by atoms with E-state index in [1.807, 2.05) is 78.9 Å². The molecular weight excluding hydrogens is 485 g/mol. The summed E-state index contributed by atoms with van der Waals surface area (Å²) < 4.78 is 70.9. The number of ether oxygens (including phenoxy) is 2. The fraction of sp³-hybridized carbons (Fsp3) is 0. The SMILES string of the molecule is F[P-](F)(F)(F)(F)F.[Fe+2].c1cc[cH-]c1.c1ccc2c(c1)Oc1cc3ccccc3cc1O2. The molecule has 0 saturated carbocycles. The third kappa shape index (κ3) is 8.97. The molecule has 0 amide bonds. The van der Waals surface area contributed by atoms with Gasteiger partial charge in [0.15, 0.2) is 23.0 Å². The molecule has 0 fully saturated rings. The molecule has 10 heteroatoms. The minimum absolute atomic E-state index is 0. The molecule has 0 aliphatic carbocycles. The Kier molecular flexibility index (Phi) is 6.76. The van der Waals surface area contributed by atoms with E-state index in [2.05, 4.69) is 12.1 Å². The van der Waals surface area contributed by atoms with Crippen LogP contribution in [0.25, 0.3) is 10.8 Å². The second kappa shape index (κ2) is 8.50. The summed E-state index contributed by atoms with van der Waals surface area (Å²) in [6, 6.07) is 29.9. The van der Waals surface area contributed by atoms with Crippen LogP contribution in [0.4, 0.5) is 25.2 Å². The van der Waals surface area contributed by atoms with Crippen molar-refractivity contribution in [2.24, 2.45) is 0 Å². The molecule has 4 aromatic carbocycles. The molecule has 0 spiro atoms. The molecule has 2 nitrogen and oxygen atoms in total. The van der Waals surface area contributed by atoms with Crippen LogP contribution in [-0.4, -0.2) is 0 Å². The zero-order valence-electron chi connectivity index (χ0n) is 15.5. The first-order valence-corrected chi connectivity index (χ1v) is 10.6. The summed E-state index contributed by atoms with van der Waals surface area (Å²) in [5.41, 5.74) is 0. The van der Waals surface area contributed by atoms with Crippen LogP contribution in [0.2, 0.25) is 0 Å². The van der Waals surface area contributed by atoms with Crippen molar-refractivity contribution in [2.75, 3.05) is 0 Å². The number of rotatable bonds is 0. The van der Waals surface area contributed by atoms with Crippen LogP contribution in [0, 0.1) is 0 Å². The first-order chi connectivity index (χ1) is 13.8. The van der Waals surface area contributed by atoms with Crippen molar-refractivity contribution in [3.05, 3.63) is 91.0 Å². The molecule has 1 aliphatic rings. The van der Waals surface area contributed by atoms with E-state index in [0.717, 1.165) is 33.8 Å². The second-order valence-corrected chi connectivity index (χ2v) is 8.13. The van der Waals surface area contributed by atoms with Crippen LogP contribution in [0.15, 0.2) is 91.0 Å². The molecule has 0 saturated heterocycles. The van der Waals surface area contributed by atoms with Crippen molar-refractivity contribution in [1.29, 1.82) is 0 Å². The van der Waals surface area contributed by atoms with Crippen molar-refractivity contribution in [2.45, 2.75) is 0 Å². The second-order valence-electron chi connectivity index (χ2n) is 6.22. The Balaban J connectivity index is 0.000000219. The number of hydrogen-bond acceptors (Lipinski definition) is 2. The molecule has 5 rings (SSSR count). The molecule has 0 N–H and O–H groups in total. The van der Waals surface area contributed by atoms with Crippen molar-refractivity contribution in [3.8, 4) is 23.0 Å². The van der Waals surface area contributed by atoms with E-state index >= 15 is 0 Å². The monoisotopic (exact) mass is 500 g/mol. The van der Waals surface area contributed by atoms with Gasteiger partial charge in [-0.25, -0.2) is 12.1 Å². The van der Waals surface area contributed by atoms with E-state index in [9.17, 15) is 25.2 Å². The van der Waals surface area contributed by atoms with E-state index in [1.165, 1.54) is 0 Å². The van der Waals surface area contributed by atoms with Gasteiger partial charge in [-0.2, -0.15) is 18.2 Å². The number of para-hydroxylation sites is 2. The van der Waals surface area contributed by atoms with Gasteiger partial charge in [-0.05, 0) is 35.0 Å². The fourth-order valence-electron chi connectivity index (χ4n) is 2.53. The van der Waals surface area contributed by atoms with E-state index < -0.39 is 7.81 Å². The van der Waals surface area contributed by atoms with Crippen LogP contribution >= 0.6 is 7.81 Å². The van der Waals surface area contributed by atoms with Crippen molar-refractivity contribution < 1.29 is 51.7 Å². The van der Waals surface area contributed by atoms with Gasteiger partial charge in [0.25, 0.3) is 0 Å². The largest absolute Gasteiger partial charge is 2.00 e. The minimum atomic E-state index is -10.7. The Morgan fingerprint density at radius 3 is 1.23 bits per heavy atom. The summed E-state index contributed by atoms with van der Waals surface area (Å²) in [6.07, 6.45) is 0. The van der Waals surface area contributed by atoms with Gasteiger partial charge in [0, 0.05) is 0 Å². The molecule has 0 atom stereocenters. The standard InChI is InChI=1S/C16H10O2.C5H5.F6P.Fe/c1-2-6-12-10-16-15(9-11(12)5-1)17-13-7-3-4-8-14(13)18-16;1-2-4-5-3-1;1-7(2,3,4,5)6;/h1-10H;1-5H;;/q;2*-1;+2. The van der Waals surface area contributed by atoms with Gasteiger partial charge in [0.05, 0.1) is 0 Å². The Labute approximate surface area is 184 Å². The smallest absolute Gasteiger partial charge is 0.449 e. The zero-order valence-corrected chi connectivity index (χ0v) is 17.5. The van der Waals surface area contributed by atoms with Crippen LogP contribution in [-0.2, 0) is 17.1 Å². The molecule has 1 aliphatic heterocycles. The van der Waals surface area contributed by atoms with E-state index in [-0.39, 0.29) is 17.1 Å². The van der Waals surface area contributed by atoms with E-state index in [1.54, 1.807) is 0 Å². The van der Waals surface area contributed by atoms with Crippen LogP contribution in [0.3, 0.4) is 0 Å². The summed E-state index contributed by atoms with van der Waals surface area (Å²) in [4.78, 5) is 0. The minimum Gasteiger partial charge on any atom is -0.449 e. The summed E-state index contributed by atoms with van der Waals surface area (Å²) in [5, 5.41) is 2.30. The number of hydrogen-bond donors (Lipinski definition) is 0. The van der Waals surface area contributed by atoms with Crippen molar-refractivity contribution >= 4 is 18.6 Å². The maximum absolute atomic E-state index is 10.7. The van der Waals surface area contributed by atoms with Gasteiger partial charge < -0.3 is 9.47 Å². The molecule has 0 unspecified atom stereocenters. The van der Waals surface area contributed by atoms with Gasteiger partial charge in [-0.15, -0.1) is 0 Å². The molecular formula is C21H15F6FeO2P. The van der Waals surface area contributed by atoms with Gasteiger partial charge in [0.1, 0.15) is 0 Å². The van der Waals surface area contributed by atoms with E-state index in [4.69, 9.17) is 9.47 Å². The Morgan fingerprint density at radius 1 is 0.548 bits per heavy atom. The van der Waals surface area contributed by atoms with Crippen molar-refractivity contribution in [1.82, 2.24) is 0 Å². The maximum atomic E-state index is 9.87. The number of fused-ring (bicyclic) bond motifs is 3. The molecule has 0 aromatic heterocycles. The van der Waals surface area contributed by atoms with Gasteiger partial charge in [0.2, 0.25) is 0 Å². The van der Waals surface area contributed by atoms with Gasteiger partial charge in [-0.3, -0.25) is 0 Å². The molecule has 0 radical (unpaired) electrons. The fourth-order valence-corrected chi connectivity index (χ4v) is 2.53. The van der Waals surface area contributed by atoms with E-state index in [0.29, 0.717) is 0 Å². The molecule has 31 heavy (non-hydrogen) atoms. The Hall–Kier alpha value is -2.60. The molecule has 166 valence electrons. The van der Waals surface area contributed by atoms with Crippen LogP contribution in [0.5, 0.6) is 23.0 Å². The number of benzene rings is 3. The van der Waals surface area contributed by atoms with Crippen LogP contribution in [0.1, 0.15) is 0 Å². The average Bonchev–Trinajstić information content (AvgIpc) is 3.22. The Morgan fingerprint density at radius 2 is 0.903 bits per heavy atom. The third-order valence-electron chi connectivity index (χ3n) is 3.66. The predicted molar refractivity (Wildman–Crippen MR) is 106 cm³/mol. The molecule has 1 heterocycles. The Bertz CT molecular complexity index is 1050.